The van der Waals surface area contributed by atoms with E-state index in [1.807, 2.05) is 0 Å². The van der Waals surface area contributed by atoms with Crippen LogP contribution in [0.5, 0.6) is 0 Å². The van der Waals surface area contributed by atoms with E-state index in [0.29, 0.717) is 31.5 Å². The van der Waals surface area contributed by atoms with Gasteiger partial charge in [-0.15, -0.1) is 0 Å². The third-order valence-corrected chi connectivity index (χ3v) is 18.6. The zero-order valence-corrected chi connectivity index (χ0v) is 40.7. The van der Waals surface area contributed by atoms with Crippen LogP contribution >= 0.6 is 0 Å². The van der Waals surface area contributed by atoms with Crippen LogP contribution in [0.1, 0.15) is 258 Å². The van der Waals surface area contributed by atoms with Crippen LogP contribution in [0, 0.1) is 76.9 Å². The largest absolute Gasteiger partial charge is 0.465 e. The molecule has 61 heavy (non-hydrogen) atoms. The van der Waals surface area contributed by atoms with Crippen molar-refractivity contribution in [2.75, 3.05) is 13.2 Å². The predicted octanol–water partition coefficient (Wildman–Crippen LogP) is 16.7. The maximum atomic E-state index is 12.9. The monoisotopic (exact) mass is 849 g/mol. The van der Waals surface area contributed by atoms with E-state index in [1.165, 1.54) is 212 Å². The molecule has 0 aromatic rings. The molecule has 0 aromatic heterocycles. The van der Waals surface area contributed by atoms with Crippen molar-refractivity contribution in [1.82, 2.24) is 0 Å². The fourth-order valence-electron chi connectivity index (χ4n) is 15.0. The molecule has 6 aliphatic rings. The quantitative estimate of drug-likeness (QED) is 0.0488. The average molecular weight is 849 g/mol. The Morgan fingerprint density at radius 1 is 0.410 bits per heavy atom. The van der Waals surface area contributed by atoms with E-state index < -0.39 is 0 Å². The van der Waals surface area contributed by atoms with Gasteiger partial charge in [-0.1, -0.05) is 168 Å². The predicted molar refractivity (Wildman–Crippen MR) is 255 cm³/mol. The summed E-state index contributed by atoms with van der Waals surface area (Å²) in [5, 5.41) is 0. The zero-order chi connectivity index (χ0) is 42.7. The standard InChI is InChI=1S/C57H100O4/c1-4-7-10-13-17-22-27-45-32-31-44(26-21-12-9-6-3)51(28-23-18-14-11-8-5-2)52(45)29-24-19-15-16-20-25-30-56(58)60-42-50-39-49-40-54(50)55-36-43(35-53(49)55)41-61-57(59)47-34-33-46-37-48(46)38-47/h43-55H,4-42H2,1-3H3/t43?,44?,45?,46?,47?,48?,49?,50?,51?,52?,53-,54?,55-/m0/s1. The molecule has 6 rings (SSSR count). The molecule has 0 heterocycles. The summed E-state index contributed by atoms with van der Waals surface area (Å²) in [5.74, 6) is 10.2. The summed E-state index contributed by atoms with van der Waals surface area (Å²) >= 11 is 0. The molecule has 0 radical (unpaired) electrons. The van der Waals surface area contributed by atoms with Crippen LogP contribution in [0.3, 0.4) is 0 Å². The van der Waals surface area contributed by atoms with E-state index in [1.54, 1.807) is 0 Å². The second-order valence-electron chi connectivity index (χ2n) is 22.9. The summed E-state index contributed by atoms with van der Waals surface area (Å²) in [6.07, 6.45) is 49.9. The number of carbonyl (C=O) groups excluding carboxylic acids is 2. The first kappa shape index (κ1) is 49.4. The smallest absolute Gasteiger partial charge is 0.308 e. The van der Waals surface area contributed by atoms with E-state index in [4.69, 9.17) is 9.47 Å². The summed E-state index contributed by atoms with van der Waals surface area (Å²) in [5.41, 5.74) is 0. The Balaban J connectivity index is 0.849. The molecule has 11 unspecified atom stereocenters. The Morgan fingerprint density at radius 3 is 1.56 bits per heavy atom. The highest BCUT2D eigenvalue weighted by molar-refractivity contribution is 5.72. The molecule has 13 atom stereocenters. The number of rotatable bonds is 33. The number of unbranched alkanes of at least 4 members (excludes halogenated alkanes) is 18. The molecule has 0 aliphatic heterocycles. The molecule has 0 spiro atoms. The molecular weight excluding hydrogens is 749 g/mol. The Morgan fingerprint density at radius 2 is 0.951 bits per heavy atom. The van der Waals surface area contributed by atoms with Crippen LogP contribution < -0.4 is 0 Å². The second-order valence-corrected chi connectivity index (χ2v) is 22.9. The van der Waals surface area contributed by atoms with Gasteiger partial charge in [0.2, 0.25) is 0 Å². The van der Waals surface area contributed by atoms with Crippen molar-refractivity contribution < 1.29 is 19.1 Å². The lowest BCUT2D eigenvalue weighted by molar-refractivity contribution is -0.151. The first-order valence-corrected chi connectivity index (χ1v) is 28.3. The Labute approximate surface area is 378 Å². The van der Waals surface area contributed by atoms with Crippen LogP contribution in [-0.4, -0.2) is 25.2 Å². The van der Waals surface area contributed by atoms with E-state index >= 15 is 0 Å². The molecule has 6 fully saturated rings. The molecule has 0 amide bonds. The number of ether oxygens (including phenoxy) is 2. The Hall–Kier alpha value is -1.06. The van der Waals surface area contributed by atoms with Gasteiger partial charge in [-0.25, -0.2) is 0 Å². The Kier molecular flexibility index (Phi) is 22.2. The van der Waals surface area contributed by atoms with Gasteiger partial charge in [0.15, 0.2) is 0 Å². The number of esters is 2. The lowest BCUT2D eigenvalue weighted by Gasteiger charge is -2.44. The van der Waals surface area contributed by atoms with Gasteiger partial charge in [-0.2, -0.15) is 0 Å². The third kappa shape index (κ3) is 15.8. The molecule has 6 aliphatic carbocycles. The van der Waals surface area contributed by atoms with Gasteiger partial charge in [0.25, 0.3) is 0 Å². The molecule has 2 bridgehead atoms. The van der Waals surface area contributed by atoms with Gasteiger partial charge in [-0.3, -0.25) is 9.59 Å². The fraction of sp³-hybridized carbons (Fsp3) is 0.965. The zero-order valence-electron chi connectivity index (χ0n) is 40.7. The van der Waals surface area contributed by atoms with Gasteiger partial charge < -0.3 is 9.47 Å². The van der Waals surface area contributed by atoms with E-state index in [9.17, 15) is 9.59 Å². The van der Waals surface area contributed by atoms with Gasteiger partial charge in [-0.05, 0) is 154 Å². The van der Waals surface area contributed by atoms with Gasteiger partial charge >= 0.3 is 11.9 Å². The summed E-state index contributed by atoms with van der Waals surface area (Å²) in [4.78, 5) is 25.7. The number of hydrogen-bond acceptors (Lipinski definition) is 4. The minimum Gasteiger partial charge on any atom is -0.465 e. The van der Waals surface area contributed by atoms with Crippen LogP contribution in [-0.2, 0) is 19.1 Å². The summed E-state index contributed by atoms with van der Waals surface area (Å²) < 4.78 is 11.9. The van der Waals surface area contributed by atoms with Crippen molar-refractivity contribution in [3.8, 4) is 0 Å². The molecule has 4 nitrogen and oxygen atoms in total. The SMILES string of the molecule is CCCCCCCCC1CCC(CCCCCC)C(CCCCCCCC)C1CCCCCCCCC(=O)OCC1CC2CC1[C@H]1CC(COC(=O)C3CCC4CC4C3)C[C@@H]21. The van der Waals surface area contributed by atoms with E-state index in [2.05, 4.69) is 20.8 Å². The lowest BCUT2D eigenvalue weighted by Crippen LogP contribution is -2.35. The highest BCUT2D eigenvalue weighted by Gasteiger charge is 2.56. The summed E-state index contributed by atoms with van der Waals surface area (Å²) in [7, 11) is 0. The van der Waals surface area contributed by atoms with Crippen LogP contribution in [0.25, 0.3) is 0 Å². The molecule has 4 heteroatoms. The molecular formula is C57H100O4. The molecule has 6 saturated carbocycles. The maximum absolute atomic E-state index is 12.9. The Bertz CT molecular complexity index is 1210. The number of fused-ring (bicyclic) bond motifs is 6. The van der Waals surface area contributed by atoms with Gasteiger partial charge in [0.1, 0.15) is 0 Å². The maximum Gasteiger partial charge on any atom is 0.308 e. The fourth-order valence-corrected chi connectivity index (χ4v) is 15.0. The topological polar surface area (TPSA) is 52.6 Å². The van der Waals surface area contributed by atoms with Crippen LogP contribution in [0.15, 0.2) is 0 Å². The minimum atomic E-state index is 0.0464. The molecule has 0 N–H and O–H groups in total. The van der Waals surface area contributed by atoms with Crippen molar-refractivity contribution in [3.05, 3.63) is 0 Å². The van der Waals surface area contributed by atoms with E-state index in [0.717, 1.165) is 78.4 Å². The minimum absolute atomic E-state index is 0.0464. The molecule has 0 aromatic carbocycles. The lowest BCUT2D eigenvalue weighted by atomic mass is 9.61. The van der Waals surface area contributed by atoms with Crippen molar-refractivity contribution >= 4 is 11.9 Å². The third-order valence-electron chi connectivity index (χ3n) is 18.6. The van der Waals surface area contributed by atoms with Crippen LogP contribution in [0.4, 0.5) is 0 Å². The normalized spacial score (nSPS) is 33.7. The second kappa shape index (κ2) is 27.4. The number of carbonyl (C=O) groups is 2. The molecule has 0 saturated heterocycles. The van der Waals surface area contributed by atoms with Crippen molar-refractivity contribution in [3.63, 3.8) is 0 Å². The summed E-state index contributed by atoms with van der Waals surface area (Å²) in [6.45, 7) is 8.34. The van der Waals surface area contributed by atoms with Crippen molar-refractivity contribution in [2.45, 2.75) is 258 Å². The number of hydrogen-bond donors (Lipinski definition) is 0. The average Bonchev–Trinajstić information content (AvgIpc) is 3.54. The van der Waals surface area contributed by atoms with Gasteiger partial charge in [0, 0.05) is 6.42 Å². The van der Waals surface area contributed by atoms with E-state index in [-0.39, 0.29) is 17.9 Å². The highest BCUT2D eigenvalue weighted by Crippen LogP contribution is 2.62. The van der Waals surface area contributed by atoms with Gasteiger partial charge in [0.05, 0.1) is 19.1 Å². The summed E-state index contributed by atoms with van der Waals surface area (Å²) in [6, 6.07) is 0. The van der Waals surface area contributed by atoms with Crippen LogP contribution in [0.2, 0.25) is 0 Å². The molecule has 352 valence electrons. The van der Waals surface area contributed by atoms with Crippen molar-refractivity contribution in [2.24, 2.45) is 76.9 Å². The first-order valence-electron chi connectivity index (χ1n) is 28.3. The van der Waals surface area contributed by atoms with Crippen molar-refractivity contribution in [1.29, 1.82) is 0 Å². The highest BCUT2D eigenvalue weighted by atomic mass is 16.5. The first-order chi connectivity index (χ1) is 30.0.